The van der Waals surface area contributed by atoms with E-state index in [9.17, 15) is 17.4 Å². The van der Waals surface area contributed by atoms with Crippen molar-refractivity contribution in [2.45, 2.75) is 18.3 Å². The first-order valence-electron chi connectivity index (χ1n) is 5.01. The Balaban J connectivity index is 2.84. The zero-order valence-electron chi connectivity index (χ0n) is 9.20. The average Bonchev–Trinajstić information content (AvgIpc) is 2.27. The summed E-state index contributed by atoms with van der Waals surface area (Å²) in [5.41, 5.74) is -0.147. The second-order valence-electron chi connectivity index (χ2n) is 3.57. The topological polar surface area (TPSA) is 37.3 Å². The van der Waals surface area contributed by atoms with Crippen LogP contribution in [0.1, 0.15) is 23.3 Å². The van der Waals surface area contributed by atoms with Crippen LogP contribution in [0.15, 0.2) is 24.3 Å². The van der Waals surface area contributed by atoms with Crippen LogP contribution in [0.3, 0.4) is 0 Å². The number of hydrogen-bond acceptors (Lipinski definition) is 2. The molecule has 0 saturated carbocycles. The van der Waals surface area contributed by atoms with Gasteiger partial charge in [0.15, 0.2) is 0 Å². The van der Waals surface area contributed by atoms with Crippen molar-refractivity contribution in [2.75, 3.05) is 12.4 Å². The molecule has 0 radical (unpaired) electrons. The highest BCUT2D eigenvalue weighted by molar-refractivity contribution is 7.85. The number of aliphatic hydroxyl groups excluding tert-OH is 1. The summed E-state index contributed by atoms with van der Waals surface area (Å²) in [5.74, 6) is 0.127. The van der Waals surface area contributed by atoms with E-state index in [0.717, 1.165) is 12.1 Å². The van der Waals surface area contributed by atoms with Crippen molar-refractivity contribution < 1.29 is 22.5 Å². The van der Waals surface area contributed by atoms with E-state index in [1.165, 1.54) is 12.1 Å². The molecule has 1 rings (SSSR count). The summed E-state index contributed by atoms with van der Waals surface area (Å²) >= 11 is 0. The Kier molecular flexibility index (Phi) is 4.70. The third kappa shape index (κ3) is 3.81. The summed E-state index contributed by atoms with van der Waals surface area (Å²) < 4.78 is 48.5. The van der Waals surface area contributed by atoms with Crippen LogP contribution in [-0.2, 0) is 17.0 Å². The molecular formula is C11H13F3O2S. The molecule has 17 heavy (non-hydrogen) atoms. The maximum atomic E-state index is 12.3. The lowest BCUT2D eigenvalue weighted by atomic mass is 10.1. The van der Waals surface area contributed by atoms with Gasteiger partial charge < -0.3 is 5.11 Å². The molecule has 0 fully saturated rings. The fraction of sp³-hybridized carbons (Fsp3) is 0.455. The Bertz CT molecular complexity index is 387. The molecule has 96 valence electrons. The van der Waals surface area contributed by atoms with Crippen LogP contribution in [0.25, 0.3) is 0 Å². The molecule has 0 saturated heterocycles. The Labute approximate surface area is 99.9 Å². The molecule has 0 aliphatic carbocycles. The van der Waals surface area contributed by atoms with Crippen molar-refractivity contribution in [3.05, 3.63) is 35.4 Å². The Morgan fingerprint density at radius 1 is 1.29 bits per heavy atom. The quantitative estimate of drug-likeness (QED) is 0.909. The predicted molar refractivity (Wildman–Crippen MR) is 60.0 cm³/mol. The minimum Gasteiger partial charge on any atom is -0.395 e. The number of halogens is 3. The molecule has 1 N–H and O–H groups in total. The zero-order valence-corrected chi connectivity index (χ0v) is 10.0. The van der Waals surface area contributed by atoms with E-state index in [0.29, 0.717) is 5.56 Å². The average molecular weight is 266 g/mol. The second-order valence-corrected chi connectivity index (χ2v) is 5.45. The van der Waals surface area contributed by atoms with Crippen LogP contribution in [0.2, 0.25) is 0 Å². The fourth-order valence-corrected chi connectivity index (χ4v) is 2.36. The normalized spacial score (nSPS) is 15.6. The van der Waals surface area contributed by atoms with Gasteiger partial charge in [-0.05, 0) is 24.6 Å². The van der Waals surface area contributed by atoms with E-state index in [-0.39, 0.29) is 17.6 Å². The van der Waals surface area contributed by atoms with Gasteiger partial charge in [-0.25, -0.2) is 0 Å². The minimum atomic E-state index is -4.36. The Morgan fingerprint density at radius 2 is 1.82 bits per heavy atom. The fourth-order valence-electron chi connectivity index (χ4n) is 1.36. The molecule has 0 spiro atoms. The molecule has 0 bridgehead atoms. The van der Waals surface area contributed by atoms with E-state index in [4.69, 9.17) is 5.11 Å². The lowest BCUT2D eigenvalue weighted by molar-refractivity contribution is -0.137. The molecular weight excluding hydrogens is 253 g/mol. The highest BCUT2D eigenvalue weighted by atomic mass is 32.2. The molecule has 1 aromatic carbocycles. The third-order valence-corrected chi connectivity index (χ3v) is 4.04. The van der Waals surface area contributed by atoms with Gasteiger partial charge in [0.1, 0.15) is 0 Å². The largest absolute Gasteiger partial charge is 0.416 e. The smallest absolute Gasteiger partial charge is 0.395 e. The summed E-state index contributed by atoms with van der Waals surface area (Å²) in [6.45, 7) is 1.46. The van der Waals surface area contributed by atoms with E-state index in [1.807, 2.05) is 0 Å². The monoisotopic (exact) mass is 266 g/mol. The van der Waals surface area contributed by atoms with Gasteiger partial charge in [-0.2, -0.15) is 13.2 Å². The molecule has 2 unspecified atom stereocenters. The molecule has 1 aromatic rings. The lowest BCUT2D eigenvalue weighted by Crippen LogP contribution is -2.10. The van der Waals surface area contributed by atoms with Crippen LogP contribution in [0, 0.1) is 0 Å². The SMILES string of the molecule is CC(c1ccc(C(F)(F)F)cc1)S(=O)CCO. The number of rotatable bonds is 4. The van der Waals surface area contributed by atoms with Crippen LogP contribution in [0.5, 0.6) is 0 Å². The lowest BCUT2D eigenvalue weighted by Gasteiger charge is -2.12. The van der Waals surface area contributed by atoms with Gasteiger partial charge in [-0.15, -0.1) is 0 Å². The maximum absolute atomic E-state index is 12.3. The number of benzene rings is 1. The summed E-state index contributed by atoms with van der Waals surface area (Å²) in [6, 6.07) is 4.59. The van der Waals surface area contributed by atoms with Crippen LogP contribution < -0.4 is 0 Å². The highest BCUT2D eigenvalue weighted by Crippen LogP contribution is 2.30. The molecule has 0 heterocycles. The summed E-state index contributed by atoms with van der Waals surface area (Å²) in [4.78, 5) is 0. The minimum absolute atomic E-state index is 0.127. The maximum Gasteiger partial charge on any atom is 0.416 e. The molecule has 0 aliphatic heterocycles. The van der Waals surface area contributed by atoms with Crippen LogP contribution in [0.4, 0.5) is 13.2 Å². The van der Waals surface area contributed by atoms with Gasteiger partial charge in [0.25, 0.3) is 0 Å². The first-order chi connectivity index (χ1) is 7.86. The number of aliphatic hydroxyl groups is 1. The van der Waals surface area contributed by atoms with Crippen molar-refractivity contribution in [2.24, 2.45) is 0 Å². The van der Waals surface area contributed by atoms with Crippen molar-refractivity contribution >= 4 is 10.8 Å². The number of alkyl halides is 3. The summed E-state index contributed by atoms with van der Waals surface area (Å²) in [5, 5.41) is 8.26. The second kappa shape index (κ2) is 5.64. The Morgan fingerprint density at radius 3 is 2.24 bits per heavy atom. The molecule has 0 aromatic heterocycles. The van der Waals surface area contributed by atoms with Crippen LogP contribution in [-0.4, -0.2) is 21.7 Å². The van der Waals surface area contributed by atoms with E-state index in [1.54, 1.807) is 6.92 Å². The van der Waals surface area contributed by atoms with Gasteiger partial charge in [0, 0.05) is 16.6 Å². The van der Waals surface area contributed by atoms with E-state index < -0.39 is 22.5 Å². The van der Waals surface area contributed by atoms with E-state index in [2.05, 4.69) is 0 Å². The predicted octanol–water partition coefficient (Wildman–Crippen LogP) is 2.51. The van der Waals surface area contributed by atoms with Crippen LogP contribution >= 0.6 is 0 Å². The molecule has 2 nitrogen and oxygen atoms in total. The van der Waals surface area contributed by atoms with Gasteiger partial charge in [-0.3, -0.25) is 4.21 Å². The molecule has 2 atom stereocenters. The van der Waals surface area contributed by atoms with Gasteiger partial charge in [0.05, 0.1) is 17.4 Å². The zero-order chi connectivity index (χ0) is 13.1. The first-order valence-corrected chi connectivity index (χ1v) is 6.39. The summed E-state index contributed by atoms with van der Waals surface area (Å²) in [6.07, 6.45) is -4.36. The molecule has 6 heteroatoms. The van der Waals surface area contributed by atoms with Crippen molar-refractivity contribution in [3.63, 3.8) is 0 Å². The first kappa shape index (κ1) is 14.2. The van der Waals surface area contributed by atoms with Gasteiger partial charge in [-0.1, -0.05) is 12.1 Å². The highest BCUT2D eigenvalue weighted by Gasteiger charge is 2.30. The Hall–Kier alpha value is -0.880. The van der Waals surface area contributed by atoms with Crippen molar-refractivity contribution in [1.82, 2.24) is 0 Å². The van der Waals surface area contributed by atoms with Gasteiger partial charge in [0.2, 0.25) is 0 Å². The third-order valence-electron chi connectivity index (χ3n) is 2.39. The van der Waals surface area contributed by atoms with Crippen molar-refractivity contribution in [3.8, 4) is 0 Å². The molecule has 0 amide bonds. The van der Waals surface area contributed by atoms with E-state index >= 15 is 0 Å². The molecule has 0 aliphatic rings. The number of hydrogen-bond donors (Lipinski definition) is 1. The van der Waals surface area contributed by atoms with Crippen molar-refractivity contribution in [1.29, 1.82) is 0 Å². The van der Waals surface area contributed by atoms with Gasteiger partial charge >= 0.3 is 6.18 Å². The standard InChI is InChI=1S/C11H13F3O2S/c1-8(17(16)7-6-15)9-2-4-10(5-3-9)11(12,13)14/h2-5,8,15H,6-7H2,1H3. The summed E-state index contributed by atoms with van der Waals surface area (Å²) in [7, 11) is -1.27.